The molecule has 1 unspecified atom stereocenters. The summed E-state index contributed by atoms with van der Waals surface area (Å²) in [6.07, 6.45) is 5.56. The lowest BCUT2D eigenvalue weighted by Crippen LogP contribution is -2.50. The lowest BCUT2D eigenvalue weighted by atomic mass is 9.94. The van der Waals surface area contributed by atoms with Gasteiger partial charge in [0.25, 0.3) is 0 Å². The summed E-state index contributed by atoms with van der Waals surface area (Å²) in [7, 11) is 0. The number of rotatable bonds is 11. The standard InChI is InChI=1S/C13H26O4/c1-4-7-9-11-16-17-13(6-3,12(14)15)10-8-5-2/h4-11H2,1-3H3,(H,14,15)/p-1. The normalized spacial score (nSPS) is 14.5. The molecule has 0 aromatic carbocycles. The number of carboxylic acids is 1. The van der Waals surface area contributed by atoms with Gasteiger partial charge in [-0.15, -0.1) is 0 Å². The van der Waals surface area contributed by atoms with Crippen LogP contribution in [0.15, 0.2) is 0 Å². The van der Waals surface area contributed by atoms with Gasteiger partial charge in [-0.05, 0) is 19.3 Å². The van der Waals surface area contributed by atoms with Crippen molar-refractivity contribution in [2.45, 2.75) is 71.3 Å². The van der Waals surface area contributed by atoms with E-state index in [0.717, 1.165) is 32.1 Å². The van der Waals surface area contributed by atoms with Crippen molar-refractivity contribution < 1.29 is 19.7 Å². The summed E-state index contributed by atoms with van der Waals surface area (Å²) in [5.74, 6) is -1.18. The van der Waals surface area contributed by atoms with E-state index in [1.165, 1.54) is 0 Å². The smallest absolute Gasteiger partial charge is 0.142 e. The van der Waals surface area contributed by atoms with Gasteiger partial charge in [-0.25, -0.2) is 9.78 Å². The van der Waals surface area contributed by atoms with E-state index in [1.54, 1.807) is 6.92 Å². The van der Waals surface area contributed by atoms with E-state index in [1.807, 2.05) is 6.92 Å². The van der Waals surface area contributed by atoms with Crippen LogP contribution in [0.5, 0.6) is 0 Å². The molecule has 0 bridgehead atoms. The third kappa shape index (κ3) is 6.03. The summed E-state index contributed by atoms with van der Waals surface area (Å²) in [4.78, 5) is 21.3. The highest BCUT2D eigenvalue weighted by atomic mass is 17.2. The van der Waals surface area contributed by atoms with Crippen molar-refractivity contribution in [2.24, 2.45) is 0 Å². The highest BCUT2D eigenvalue weighted by Crippen LogP contribution is 2.23. The van der Waals surface area contributed by atoms with E-state index >= 15 is 0 Å². The van der Waals surface area contributed by atoms with Crippen LogP contribution in [0, 0.1) is 0 Å². The summed E-state index contributed by atoms with van der Waals surface area (Å²) in [5.41, 5.74) is -1.28. The van der Waals surface area contributed by atoms with Crippen molar-refractivity contribution in [3.63, 3.8) is 0 Å². The van der Waals surface area contributed by atoms with E-state index in [0.29, 0.717) is 19.4 Å². The molecule has 0 aliphatic carbocycles. The lowest BCUT2D eigenvalue weighted by molar-refractivity contribution is -0.394. The molecule has 0 N–H and O–H groups in total. The average molecular weight is 245 g/mol. The first-order valence-corrected chi connectivity index (χ1v) is 6.65. The molecule has 0 aromatic heterocycles. The Morgan fingerprint density at radius 2 is 1.76 bits per heavy atom. The Bertz CT molecular complexity index is 206. The first-order chi connectivity index (χ1) is 8.13. The van der Waals surface area contributed by atoms with Crippen molar-refractivity contribution in [3.8, 4) is 0 Å². The van der Waals surface area contributed by atoms with Crippen molar-refractivity contribution in [3.05, 3.63) is 0 Å². The molecule has 0 saturated carbocycles. The summed E-state index contributed by atoms with van der Waals surface area (Å²) in [5, 5.41) is 11.2. The minimum Gasteiger partial charge on any atom is -0.547 e. The van der Waals surface area contributed by atoms with Gasteiger partial charge in [0.2, 0.25) is 0 Å². The van der Waals surface area contributed by atoms with Crippen LogP contribution in [0.25, 0.3) is 0 Å². The quantitative estimate of drug-likeness (QED) is 0.318. The number of hydrogen-bond acceptors (Lipinski definition) is 4. The molecule has 0 aliphatic heterocycles. The highest BCUT2D eigenvalue weighted by Gasteiger charge is 2.32. The number of carbonyl (C=O) groups excluding carboxylic acids is 1. The van der Waals surface area contributed by atoms with Crippen molar-refractivity contribution in [1.82, 2.24) is 0 Å². The van der Waals surface area contributed by atoms with E-state index in [-0.39, 0.29) is 0 Å². The van der Waals surface area contributed by atoms with Crippen LogP contribution in [-0.4, -0.2) is 18.2 Å². The predicted molar refractivity (Wildman–Crippen MR) is 64.1 cm³/mol. The zero-order valence-electron chi connectivity index (χ0n) is 11.3. The summed E-state index contributed by atoms with van der Waals surface area (Å²) in [6, 6.07) is 0. The SMILES string of the molecule is CCCCCOOC(CC)(CCCC)C(=O)[O-]. The molecular weight excluding hydrogens is 220 g/mol. The van der Waals surface area contributed by atoms with Gasteiger partial charge < -0.3 is 9.90 Å². The third-order valence-electron chi connectivity index (χ3n) is 2.93. The maximum atomic E-state index is 11.2. The van der Waals surface area contributed by atoms with Gasteiger partial charge in [-0.1, -0.05) is 46.5 Å². The van der Waals surface area contributed by atoms with Gasteiger partial charge >= 0.3 is 0 Å². The fraction of sp³-hybridized carbons (Fsp3) is 0.923. The first-order valence-electron chi connectivity index (χ1n) is 6.65. The Kier molecular flexibility index (Phi) is 9.09. The Morgan fingerprint density at radius 1 is 1.12 bits per heavy atom. The van der Waals surface area contributed by atoms with E-state index in [2.05, 4.69) is 6.92 Å². The molecule has 4 nitrogen and oxygen atoms in total. The Hall–Kier alpha value is -0.610. The molecule has 0 fully saturated rings. The molecule has 17 heavy (non-hydrogen) atoms. The number of carboxylic acid groups (broad SMARTS) is 1. The topological polar surface area (TPSA) is 58.6 Å². The average Bonchev–Trinajstić information content (AvgIpc) is 2.32. The zero-order valence-corrected chi connectivity index (χ0v) is 11.3. The van der Waals surface area contributed by atoms with E-state index < -0.39 is 11.6 Å². The largest absolute Gasteiger partial charge is 0.547 e. The van der Waals surface area contributed by atoms with Crippen LogP contribution in [0.3, 0.4) is 0 Å². The fourth-order valence-corrected chi connectivity index (χ4v) is 1.59. The molecule has 0 heterocycles. The maximum Gasteiger partial charge on any atom is 0.142 e. The first kappa shape index (κ1) is 16.4. The van der Waals surface area contributed by atoms with E-state index in [9.17, 15) is 9.90 Å². The van der Waals surface area contributed by atoms with Crippen molar-refractivity contribution >= 4 is 5.97 Å². The Labute approximate surface area is 104 Å². The van der Waals surface area contributed by atoms with Crippen LogP contribution in [0.1, 0.15) is 65.7 Å². The minimum atomic E-state index is -1.28. The molecule has 4 heteroatoms. The highest BCUT2D eigenvalue weighted by molar-refractivity contribution is 5.75. The molecular formula is C13H25O4-. The Morgan fingerprint density at radius 3 is 2.24 bits per heavy atom. The second kappa shape index (κ2) is 9.42. The van der Waals surface area contributed by atoms with Gasteiger partial charge in [-0.2, -0.15) is 0 Å². The van der Waals surface area contributed by atoms with Gasteiger partial charge in [0, 0.05) is 0 Å². The van der Waals surface area contributed by atoms with Gasteiger partial charge in [-0.3, -0.25) is 0 Å². The second-order valence-electron chi connectivity index (χ2n) is 4.35. The molecule has 0 spiro atoms. The van der Waals surface area contributed by atoms with Crippen LogP contribution < -0.4 is 5.11 Å². The number of hydrogen-bond donors (Lipinski definition) is 0. The fourth-order valence-electron chi connectivity index (χ4n) is 1.59. The minimum absolute atomic E-state index is 0.364. The number of aliphatic carboxylic acids is 1. The van der Waals surface area contributed by atoms with Crippen LogP contribution >= 0.6 is 0 Å². The monoisotopic (exact) mass is 245 g/mol. The molecule has 102 valence electrons. The lowest BCUT2D eigenvalue weighted by Gasteiger charge is -2.32. The second-order valence-corrected chi connectivity index (χ2v) is 4.35. The van der Waals surface area contributed by atoms with E-state index in [4.69, 9.17) is 9.78 Å². The predicted octanol–water partition coefficient (Wildman–Crippen LogP) is 2.21. The summed E-state index contributed by atoms with van der Waals surface area (Å²) in [6.45, 7) is 6.33. The van der Waals surface area contributed by atoms with Crippen LogP contribution in [-0.2, 0) is 14.6 Å². The molecule has 0 radical (unpaired) electrons. The molecule has 0 aliphatic rings. The molecule has 0 rings (SSSR count). The van der Waals surface area contributed by atoms with Crippen molar-refractivity contribution in [2.75, 3.05) is 6.61 Å². The zero-order chi connectivity index (χ0) is 13.1. The van der Waals surface area contributed by atoms with Gasteiger partial charge in [0.05, 0.1) is 12.6 Å². The maximum absolute atomic E-state index is 11.2. The number of carbonyl (C=O) groups is 1. The number of unbranched alkanes of at least 4 members (excludes halogenated alkanes) is 3. The van der Waals surface area contributed by atoms with Crippen molar-refractivity contribution in [1.29, 1.82) is 0 Å². The molecule has 0 aromatic rings. The van der Waals surface area contributed by atoms with Crippen LogP contribution in [0.4, 0.5) is 0 Å². The Balaban J connectivity index is 4.13. The summed E-state index contributed by atoms with van der Waals surface area (Å²) < 4.78 is 0. The van der Waals surface area contributed by atoms with Gasteiger partial charge in [0.1, 0.15) is 5.60 Å². The van der Waals surface area contributed by atoms with Gasteiger partial charge in [0.15, 0.2) is 0 Å². The third-order valence-corrected chi connectivity index (χ3v) is 2.93. The molecule has 0 saturated heterocycles. The van der Waals surface area contributed by atoms with Crippen LogP contribution in [0.2, 0.25) is 0 Å². The summed E-state index contributed by atoms with van der Waals surface area (Å²) >= 11 is 0. The molecule has 1 atom stereocenters. The molecule has 0 amide bonds.